The van der Waals surface area contributed by atoms with E-state index in [1.54, 1.807) is 0 Å². The molecule has 0 saturated carbocycles. The van der Waals surface area contributed by atoms with E-state index in [0.717, 1.165) is 0 Å². The third kappa shape index (κ3) is 11.8. The molecule has 0 bridgehead atoms. The highest BCUT2D eigenvalue weighted by molar-refractivity contribution is 6.74. The van der Waals surface area contributed by atoms with Gasteiger partial charge in [0.1, 0.15) is 16.5 Å². The zero-order valence-electron chi connectivity index (χ0n) is 15.1. The first-order chi connectivity index (χ1) is 8.12. The van der Waals surface area contributed by atoms with Crippen molar-refractivity contribution in [3.8, 4) is 0 Å². The third-order valence-corrected chi connectivity index (χ3v) is 5.88. The lowest BCUT2D eigenvalue weighted by atomic mass is 9.92. The summed E-state index contributed by atoms with van der Waals surface area (Å²) in [7, 11) is -2.37. The fraction of sp³-hybridized carbons (Fsp3) is 1.00. The molecule has 0 aromatic heterocycles. The van der Waals surface area contributed by atoms with Crippen LogP contribution in [-0.4, -0.2) is 27.5 Å². The van der Waals surface area contributed by atoms with Gasteiger partial charge in [-0.2, -0.15) is 0 Å². The summed E-state index contributed by atoms with van der Waals surface area (Å²) in [5.41, 5.74) is 0.555. The van der Waals surface area contributed by atoms with E-state index in [9.17, 15) is 0 Å². The lowest BCUT2D eigenvalue weighted by Gasteiger charge is -2.37. The second-order valence-corrected chi connectivity index (χ2v) is 18.9. The van der Waals surface area contributed by atoms with Gasteiger partial charge in [0.2, 0.25) is 0 Å². The maximum atomic E-state index is 3.86. The van der Waals surface area contributed by atoms with Crippen LogP contribution < -0.4 is 9.96 Å². The van der Waals surface area contributed by atoms with Crippen molar-refractivity contribution in [1.82, 2.24) is 9.96 Å². The van der Waals surface area contributed by atoms with E-state index < -0.39 is 16.5 Å². The van der Waals surface area contributed by atoms with Crippen LogP contribution in [0.15, 0.2) is 0 Å². The minimum atomic E-state index is -1.19. The molecule has 116 valence electrons. The highest BCUT2D eigenvalue weighted by Crippen LogP contribution is 2.21. The predicted molar refractivity (Wildman–Crippen MR) is 95.0 cm³/mol. The van der Waals surface area contributed by atoms with Gasteiger partial charge in [0.15, 0.2) is 0 Å². The van der Waals surface area contributed by atoms with Crippen molar-refractivity contribution in [3.63, 3.8) is 0 Å². The number of hydrogen-bond acceptors (Lipinski definition) is 2. The van der Waals surface area contributed by atoms with E-state index in [1.165, 1.54) is 19.3 Å². The van der Waals surface area contributed by atoms with Gasteiger partial charge in [-0.25, -0.2) is 0 Å². The molecule has 0 atom stereocenters. The first-order valence-electron chi connectivity index (χ1n) is 7.71. The van der Waals surface area contributed by atoms with Gasteiger partial charge in [0, 0.05) is 11.1 Å². The average Bonchev–Trinajstić information content (AvgIpc) is 1.90. The molecule has 0 unspecified atom stereocenters. The van der Waals surface area contributed by atoms with Crippen LogP contribution in [0.5, 0.6) is 0 Å². The lowest BCUT2D eigenvalue weighted by Crippen LogP contribution is -2.55. The van der Waals surface area contributed by atoms with Crippen molar-refractivity contribution < 1.29 is 0 Å². The van der Waals surface area contributed by atoms with E-state index in [-0.39, 0.29) is 11.1 Å². The Balaban J connectivity index is 4.21. The Hall–Kier alpha value is 0.354. The third-order valence-electron chi connectivity index (χ3n) is 3.03. The van der Waals surface area contributed by atoms with E-state index >= 15 is 0 Å². The van der Waals surface area contributed by atoms with Crippen LogP contribution in [0.1, 0.15) is 47.0 Å². The van der Waals surface area contributed by atoms with Crippen LogP contribution in [0.3, 0.4) is 0 Å². The fourth-order valence-electron chi connectivity index (χ4n) is 3.13. The maximum absolute atomic E-state index is 3.86. The zero-order chi connectivity index (χ0) is 15.5. The monoisotopic (exact) mass is 302 g/mol. The molecule has 0 amide bonds. The number of rotatable bonds is 8. The van der Waals surface area contributed by atoms with Gasteiger partial charge in [0.05, 0.1) is 0 Å². The smallest absolute Gasteiger partial charge is 0.116 e. The Kier molecular flexibility index (Phi) is 6.53. The first-order valence-corrected chi connectivity index (χ1v) is 14.7. The van der Waals surface area contributed by atoms with Crippen LogP contribution in [-0.2, 0) is 0 Å². The van der Waals surface area contributed by atoms with E-state index in [2.05, 4.69) is 76.9 Å². The molecule has 0 heterocycles. The minimum absolute atomic E-state index is 0.277. The normalized spacial score (nSPS) is 14.8. The summed E-state index contributed by atoms with van der Waals surface area (Å²) in [6, 6.07) is 0. The summed E-state index contributed by atoms with van der Waals surface area (Å²) in [6.45, 7) is 23.7. The number of nitrogens with one attached hydrogen (secondary N) is 2. The molecular formula is C15H38N2Si2. The van der Waals surface area contributed by atoms with Gasteiger partial charge in [-0.3, -0.25) is 0 Å². The summed E-state index contributed by atoms with van der Waals surface area (Å²) in [5.74, 6) is 0. The molecule has 0 radical (unpaired) electrons. The Bertz CT molecular complexity index is 245. The molecule has 19 heavy (non-hydrogen) atoms. The topological polar surface area (TPSA) is 24.1 Å². The molecule has 0 aromatic rings. The quantitative estimate of drug-likeness (QED) is 0.642. The van der Waals surface area contributed by atoms with Crippen LogP contribution in [0.25, 0.3) is 0 Å². The maximum Gasteiger partial charge on any atom is 0.116 e. The Labute approximate surface area is 124 Å². The SMILES string of the molecule is CC(C)(CCCC(C)(C)N[Si](C)(C)C)N[Si](C)(C)C. The number of hydrogen-bond donors (Lipinski definition) is 2. The second kappa shape index (κ2) is 6.41. The summed E-state index contributed by atoms with van der Waals surface area (Å²) >= 11 is 0. The first kappa shape index (κ1) is 19.4. The van der Waals surface area contributed by atoms with Gasteiger partial charge in [-0.15, -0.1) is 0 Å². The summed E-state index contributed by atoms with van der Waals surface area (Å²) in [6.07, 6.45) is 3.80. The standard InChI is InChI=1S/C15H38N2Si2/c1-14(2,16-18(5,6)7)12-11-13-15(3,4)17-19(8,9)10/h16-17H,11-13H2,1-10H3. The van der Waals surface area contributed by atoms with Crippen molar-refractivity contribution >= 4 is 16.5 Å². The molecule has 0 spiro atoms. The molecule has 4 heteroatoms. The Morgan fingerprint density at radius 3 is 1.11 bits per heavy atom. The largest absolute Gasteiger partial charge is 0.333 e. The molecule has 0 aliphatic rings. The van der Waals surface area contributed by atoms with Crippen molar-refractivity contribution in [2.75, 3.05) is 0 Å². The average molecular weight is 303 g/mol. The van der Waals surface area contributed by atoms with Gasteiger partial charge < -0.3 is 9.96 Å². The van der Waals surface area contributed by atoms with Gasteiger partial charge in [0.25, 0.3) is 0 Å². The molecule has 0 rings (SSSR count). The molecule has 0 aromatic carbocycles. The summed E-state index contributed by atoms with van der Waals surface area (Å²) < 4.78 is 0. The van der Waals surface area contributed by atoms with Crippen LogP contribution in [0.4, 0.5) is 0 Å². The van der Waals surface area contributed by atoms with Crippen LogP contribution >= 0.6 is 0 Å². The molecular weight excluding hydrogens is 264 g/mol. The van der Waals surface area contributed by atoms with E-state index in [1.807, 2.05) is 0 Å². The van der Waals surface area contributed by atoms with Gasteiger partial charge >= 0.3 is 0 Å². The van der Waals surface area contributed by atoms with E-state index in [0.29, 0.717) is 0 Å². The highest BCUT2D eigenvalue weighted by Gasteiger charge is 2.28. The van der Waals surface area contributed by atoms with Crippen molar-refractivity contribution in [3.05, 3.63) is 0 Å². The van der Waals surface area contributed by atoms with E-state index in [4.69, 9.17) is 0 Å². The minimum Gasteiger partial charge on any atom is -0.333 e. The summed E-state index contributed by atoms with van der Waals surface area (Å²) in [5, 5.41) is 0. The Morgan fingerprint density at radius 2 is 0.895 bits per heavy atom. The second-order valence-electron chi connectivity index (χ2n) is 9.37. The fourth-order valence-corrected chi connectivity index (χ4v) is 7.44. The van der Waals surface area contributed by atoms with Crippen molar-refractivity contribution in [1.29, 1.82) is 0 Å². The molecule has 0 aliphatic heterocycles. The molecule has 2 nitrogen and oxygen atoms in total. The van der Waals surface area contributed by atoms with Crippen LogP contribution in [0, 0.1) is 0 Å². The Morgan fingerprint density at radius 1 is 0.632 bits per heavy atom. The van der Waals surface area contributed by atoms with Crippen molar-refractivity contribution in [2.45, 2.75) is 97.3 Å². The lowest BCUT2D eigenvalue weighted by molar-refractivity contribution is 0.353. The molecule has 2 N–H and O–H groups in total. The molecule has 0 fully saturated rings. The van der Waals surface area contributed by atoms with Crippen molar-refractivity contribution in [2.24, 2.45) is 0 Å². The zero-order valence-corrected chi connectivity index (χ0v) is 17.1. The highest BCUT2D eigenvalue weighted by atomic mass is 28.3. The van der Waals surface area contributed by atoms with Crippen LogP contribution in [0.2, 0.25) is 39.3 Å². The predicted octanol–water partition coefficient (Wildman–Crippen LogP) is 4.56. The molecule has 0 aliphatic carbocycles. The van der Waals surface area contributed by atoms with Gasteiger partial charge in [-0.1, -0.05) is 39.3 Å². The van der Waals surface area contributed by atoms with Gasteiger partial charge in [-0.05, 0) is 47.0 Å². The molecule has 0 saturated heterocycles. The summed E-state index contributed by atoms with van der Waals surface area (Å²) in [4.78, 5) is 7.71.